The van der Waals surface area contributed by atoms with Gasteiger partial charge in [-0.25, -0.2) is 4.79 Å². The van der Waals surface area contributed by atoms with Crippen LogP contribution >= 0.6 is 23.2 Å². The van der Waals surface area contributed by atoms with E-state index in [-0.39, 0.29) is 27.6 Å². The molecule has 5 rings (SSSR count). The molecule has 1 N–H and O–H groups in total. The third kappa shape index (κ3) is 6.04. The number of aromatic carboxylic acids is 1. The molecule has 0 aliphatic heterocycles. The number of carboxylic acid groups (broad SMARTS) is 1. The van der Waals surface area contributed by atoms with Crippen molar-refractivity contribution < 1.29 is 14.7 Å². The van der Waals surface area contributed by atoms with E-state index in [1.165, 1.54) is 24.3 Å². The van der Waals surface area contributed by atoms with Gasteiger partial charge in [0.1, 0.15) is 0 Å². The second kappa shape index (κ2) is 12.4. The van der Waals surface area contributed by atoms with E-state index >= 15 is 0 Å². The van der Waals surface area contributed by atoms with Crippen LogP contribution in [0.3, 0.4) is 0 Å². The minimum atomic E-state index is -1.02. The Balaban J connectivity index is 0.000000201. The van der Waals surface area contributed by atoms with Gasteiger partial charge < -0.3 is 19.1 Å². The van der Waals surface area contributed by atoms with Gasteiger partial charge in [-0.15, -0.1) is 0 Å². The molecule has 0 saturated heterocycles. The van der Waals surface area contributed by atoms with E-state index in [9.17, 15) is 19.2 Å². The van der Waals surface area contributed by atoms with E-state index in [2.05, 4.69) is 0 Å². The third-order valence-electron chi connectivity index (χ3n) is 6.70. The molecule has 8 nitrogen and oxygen atoms in total. The Kier molecular flexibility index (Phi) is 8.95. The zero-order valence-electron chi connectivity index (χ0n) is 22.6. The van der Waals surface area contributed by atoms with Crippen LogP contribution in [0.1, 0.15) is 34.6 Å². The van der Waals surface area contributed by atoms with Crippen molar-refractivity contribution in [1.29, 1.82) is 0 Å². The maximum Gasteiger partial charge on any atom is 0.335 e. The molecule has 0 bridgehead atoms. The minimum Gasteiger partial charge on any atom is -0.478 e. The highest BCUT2D eigenvalue weighted by molar-refractivity contribution is 6.36. The quantitative estimate of drug-likeness (QED) is 0.257. The van der Waals surface area contributed by atoms with E-state index in [0.717, 1.165) is 11.2 Å². The van der Waals surface area contributed by atoms with Crippen LogP contribution in [-0.4, -0.2) is 33.2 Å². The number of aryl methyl sites for hydroxylation is 2. The van der Waals surface area contributed by atoms with Crippen molar-refractivity contribution in [3.8, 4) is 0 Å². The SMILES string of the molecule is CCn1c(=O)cc(Cl)c2cc(C(=O)N(C)c3ccccc3)ccc21.CCn1c(=O)cc(Cl)c2cc(C(=O)O)ccc21. The number of hydrogen-bond donors (Lipinski definition) is 1. The van der Waals surface area contributed by atoms with Gasteiger partial charge in [0.2, 0.25) is 0 Å². The fraction of sp³-hybridized carbons (Fsp3) is 0.161. The lowest BCUT2D eigenvalue weighted by Crippen LogP contribution is -2.26. The average molecular weight is 592 g/mol. The third-order valence-corrected chi connectivity index (χ3v) is 7.32. The fourth-order valence-electron chi connectivity index (χ4n) is 4.57. The molecule has 210 valence electrons. The van der Waals surface area contributed by atoms with E-state index in [1.807, 2.05) is 44.2 Å². The summed E-state index contributed by atoms with van der Waals surface area (Å²) in [4.78, 5) is 48.9. The number of pyridine rings is 2. The normalized spacial score (nSPS) is 10.8. The minimum absolute atomic E-state index is 0.131. The molecule has 2 heterocycles. The summed E-state index contributed by atoms with van der Waals surface area (Å²) in [6.07, 6.45) is 0. The number of aromatic nitrogens is 2. The number of anilines is 1. The Bertz CT molecular complexity index is 1900. The highest BCUT2D eigenvalue weighted by Gasteiger charge is 2.16. The first-order valence-corrected chi connectivity index (χ1v) is 13.6. The summed E-state index contributed by atoms with van der Waals surface area (Å²) in [7, 11) is 1.73. The maximum absolute atomic E-state index is 12.7. The number of halogens is 2. The fourth-order valence-corrected chi connectivity index (χ4v) is 5.06. The van der Waals surface area contributed by atoms with Gasteiger partial charge in [0.25, 0.3) is 17.0 Å². The van der Waals surface area contributed by atoms with Crippen molar-refractivity contribution in [2.45, 2.75) is 26.9 Å². The number of hydrogen-bond acceptors (Lipinski definition) is 4. The lowest BCUT2D eigenvalue weighted by Gasteiger charge is -2.18. The van der Waals surface area contributed by atoms with Crippen LogP contribution in [0.2, 0.25) is 10.0 Å². The average Bonchev–Trinajstić information content (AvgIpc) is 2.97. The number of carboxylic acids is 1. The van der Waals surface area contributed by atoms with Crippen molar-refractivity contribution in [3.05, 3.63) is 121 Å². The van der Waals surface area contributed by atoms with Crippen LogP contribution in [0.25, 0.3) is 21.8 Å². The Morgan fingerprint density at radius 3 is 1.66 bits per heavy atom. The van der Waals surface area contributed by atoms with Gasteiger partial charge in [-0.2, -0.15) is 0 Å². The Hall–Kier alpha value is -4.40. The predicted molar refractivity (Wildman–Crippen MR) is 164 cm³/mol. The molecule has 0 radical (unpaired) electrons. The van der Waals surface area contributed by atoms with E-state index in [0.29, 0.717) is 40.0 Å². The number of fused-ring (bicyclic) bond motifs is 2. The molecule has 0 saturated carbocycles. The topological polar surface area (TPSA) is 102 Å². The first-order chi connectivity index (χ1) is 19.6. The molecular weight excluding hydrogens is 565 g/mol. The number of nitrogens with zero attached hydrogens (tertiary/aromatic N) is 3. The van der Waals surface area contributed by atoms with Gasteiger partial charge in [0.15, 0.2) is 0 Å². The largest absolute Gasteiger partial charge is 0.478 e. The lowest BCUT2D eigenvalue weighted by atomic mass is 10.1. The van der Waals surface area contributed by atoms with E-state index < -0.39 is 5.97 Å². The summed E-state index contributed by atoms with van der Waals surface area (Å²) < 4.78 is 3.18. The zero-order valence-corrected chi connectivity index (χ0v) is 24.1. The van der Waals surface area contributed by atoms with Crippen molar-refractivity contribution in [2.75, 3.05) is 11.9 Å². The summed E-state index contributed by atoms with van der Waals surface area (Å²) in [6, 6.07) is 21.9. The predicted octanol–water partition coefficient (Wildman–Crippen LogP) is 6.32. The highest BCUT2D eigenvalue weighted by atomic mass is 35.5. The van der Waals surface area contributed by atoms with Crippen LogP contribution in [0.4, 0.5) is 5.69 Å². The van der Waals surface area contributed by atoms with Crippen LogP contribution in [-0.2, 0) is 13.1 Å². The molecule has 2 aromatic heterocycles. The molecule has 0 unspecified atom stereocenters. The van der Waals surface area contributed by atoms with Crippen LogP contribution in [0, 0.1) is 0 Å². The van der Waals surface area contributed by atoms with Crippen molar-refractivity contribution in [3.63, 3.8) is 0 Å². The molecule has 0 aliphatic carbocycles. The second-order valence-corrected chi connectivity index (χ2v) is 9.93. The van der Waals surface area contributed by atoms with Crippen LogP contribution in [0.5, 0.6) is 0 Å². The summed E-state index contributed by atoms with van der Waals surface area (Å²) in [5, 5.41) is 10.8. The zero-order chi connectivity index (χ0) is 29.8. The smallest absolute Gasteiger partial charge is 0.335 e. The van der Waals surface area contributed by atoms with E-state index in [1.54, 1.807) is 45.3 Å². The standard InChI is InChI=1S/C19H17ClN2O2.C12H10ClNO3/c1-3-22-17-10-9-13(11-15(17)16(20)12-18(22)23)19(24)21(2)14-7-5-4-6-8-14;1-2-14-10-4-3-7(12(16)17)5-8(10)9(13)6-11(14)15/h4-12H,3H2,1-2H3;3-6H,2H2,1H3,(H,16,17). The molecule has 0 aliphatic rings. The summed E-state index contributed by atoms with van der Waals surface area (Å²) in [5.41, 5.74) is 2.54. The highest BCUT2D eigenvalue weighted by Crippen LogP contribution is 2.25. The number of carbonyl (C=O) groups is 2. The molecule has 0 spiro atoms. The molecule has 41 heavy (non-hydrogen) atoms. The monoisotopic (exact) mass is 591 g/mol. The Morgan fingerprint density at radius 2 is 1.20 bits per heavy atom. The Morgan fingerprint density at radius 1 is 0.732 bits per heavy atom. The molecule has 5 aromatic rings. The van der Waals surface area contributed by atoms with Crippen molar-refractivity contribution in [2.24, 2.45) is 0 Å². The number of benzene rings is 3. The first kappa shape index (κ1) is 29.6. The molecule has 0 fully saturated rings. The second-order valence-electron chi connectivity index (χ2n) is 9.12. The van der Waals surface area contributed by atoms with E-state index in [4.69, 9.17) is 28.3 Å². The molecule has 3 aromatic carbocycles. The molecule has 1 amide bonds. The molecule has 0 atom stereocenters. The maximum atomic E-state index is 12.7. The molecular formula is C31H27Cl2N3O5. The lowest BCUT2D eigenvalue weighted by molar-refractivity contribution is 0.0696. The van der Waals surface area contributed by atoms with Gasteiger partial charge in [-0.3, -0.25) is 14.4 Å². The first-order valence-electron chi connectivity index (χ1n) is 12.8. The van der Waals surface area contributed by atoms with Crippen molar-refractivity contribution in [1.82, 2.24) is 9.13 Å². The summed E-state index contributed by atoms with van der Waals surface area (Å²) in [5.74, 6) is -1.15. The summed E-state index contributed by atoms with van der Waals surface area (Å²) in [6.45, 7) is 4.81. The van der Waals surface area contributed by atoms with Gasteiger partial charge in [-0.05, 0) is 62.4 Å². The van der Waals surface area contributed by atoms with Gasteiger partial charge in [0, 0.05) is 54.3 Å². The van der Waals surface area contributed by atoms with Crippen LogP contribution < -0.4 is 16.0 Å². The van der Waals surface area contributed by atoms with Gasteiger partial charge in [0.05, 0.1) is 26.6 Å². The number of para-hydroxylation sites is 1. The van der Waals surface area contributed by atoms with Gasteiger partial charge in [-0.1, -0.05) is 41.4 Å². The number of rotatable bonds is 5. The molecule has 10 heteroatoms. The van der Waals surface area contributed by atoms with Gasteiger partial charge >= 0.3 is 5.97 Å². The Labute approximate surface area is 245 Å². The number of carbonyl (C=O) groups excluding carboxylic acids is 1. The van der Waals surface area contributed by atoms with Crippen LogP contribution in [0.15, 0.2) is 88.5 Å². The summed E-state index contributed by atoms with van der Waals surface area (Å²) >= 11 is 12.2. The number of amides is 1. The van der Waals surface area contributed by atoms with Crippen molar-refractivity contribution >= 4 is 62.6 Å².